The van der Waals surface area contributed by atoms with Crippen LogP contribution in [0, 0.1) is 6.92 Å². The summed E-state index contributed by atoms with van der Waals surface area (Å²) in [6.45, 7) is 1.86. The van der Waals surface area contributed by atoms with Gasteiger partial charge in [-0.15, -0.1) is 0 Å². The predicted octanol–water partition coefficient (Wildman–Crippen LogP) is 0.822. The molecule has 1 rings (SSSR count). The topological polar surface area (TPSA) is 79.3 Å². The molecule has 1 heterocycles. The molecule has 0 aliphatic heterocycles. The Balaban J connectivity index is 2.61. The molecule has 0 fully saturated rings. The van der Waals surface area contributed by atoms with Crippen molar-refractivity contribution in [3.63, 3.8) is 0 Å². The highest BCUT2D eigenvalue weighted by Crippen LogP contribution is 2.04. The third kappa shape index (κ3) is 4.37. The zero-order valence-corrected chi connectivity index (χ0v) is 11.0. The van der Waals surface area contributed by atoms with Crippen LogP contribution in [-0.4, -0.2) is 33.8 Å². The molecule has 1 aromatic heterocycles. The Morgan fingerprint density at radius 2 is 2.28 bits per heavy atom. The van der Waals surface area contributed by atoms with E-state index in [1.54, 1.807) is 12.3 Å². The van der Waals surface area contributed by atoms with Gasteiger partial charge < -0.3 is 10.4 Å². The molecular weight excluding hydrogens is 252 g/mol. The quantitative estimate of drug-likeness (QED) is 0.667. The number of aliphatic carboxylic acids is 1. The molecule has 1 amide bonds. The summed E-state index contributed by atoms with van der Waals surface area (Å²) in [5, 5.41) is 11.4. The van der Waals surface area contributed by atoms with Gasteiger partial charge in [-0.1, -0.05) is 6.07 Å². The third-order valence-electron chi connectivity index (χ3n) is 2.50. The van der Waals surface area contributed by atoms with Crippen molar-refractivity contribution in [1.29, 1.82) is 0 Å². The molecule has 5 nitrogen and oxygen atoms in total. The number of carboxylic acid groups (broad SMARTS) is 1. The Morgan fingerprint density at radius 1 is 1.56 bits per heavy atom. The lowest BCUT2D eigenvalue weighted by molar-refractivity contribution is -0.141. The summed E-state index contributed by atoms with van der Waals surface area (Å²) in [7, 11) is 0. The molecule has 0 saturated heterocycles. The number of aryl methyl sites for hydroxylation is 1. The van der Waals surface area contributed by atoms with Crippen LogP contribution < -0.4 is 5.32 Å². The number of thiol groups is 1. The van der Waals surface area contributed by atoms with E-state index in [0.717, 1.165) is 5.56 Å². The van der Waals surface area contributed by atoms with E-state index in [9.17, 15) is 9.59 Å². The maximum Gasteiger partial charge on any atom is 0.326 e. The number of rotatable bonds is 6. The lowest BCUT2D eigenvalue weighted by Crippen LogP contribution is -2.41. The zero-order valence-electron chi connectivity index (χ0n) is 10.1. The number of pyridine rings is 1. The van der Waals surface area contributed by atoms with Crippen molar-refractivity contribution in [2.45, 2.75) is 25.8 Å². The van der Waals surface area contributed by atoms with Gasteiger partial charge in [0.15, 0.2) is 0 Å². The first-order chi connectivity index (χ1) is 8.54. The highest BCUT2D eigenvalue weighted by molar-refractivity contribution is 7.80. The second-order valence-electron chi connectivity index (χ2n) is 3.91. The van der Waals surface area contributed by atoms with Gasteiger partial charge in [0, 0.05) is 6.20 Å². The molecule has 0 aliphatic rings. The molecule has 0 aliphatic carbocycles. The third-order valence-corrected chi connectivity index (χ3v) is 2.76. The predicted molar refractivity (Wildman–Crippen MR) is 70.7 cm³/mol. The summed E-state index contributed by atoms with van der Waals surface area (Å²) in [5.41, 5.74) is 1.57. The highest BCUT2D eigenvalue weighted by Gasteiger charge is 2.19. The van der Waals surface area contributed by atoms with Crippen molar-refractivity contribution in [1.82, 2.24) is 10.3 Å². The van der Waals surface area contributed by atoms with E-state index < -0.39 is 12.0 Å². The largest absolute Gasteiger partial charge is 0.480 e. The van der Waals surface area contributed by atoms with E-state index in [0.29, 0.717) is 17.9 Å². The fourth-order valence-electron chi connectivity index (χ4n) is 1.49. The van der Waals surface area contributed by atoms with Crippen LogP contribution in [0.25, 0.3) is 0 Å². The minimum Gasteiger partial charge on any atom is -0.480 e. The Morgan fingerprint density at radius 3 is 2.83 bits per heavy atom. The first kappa shape index (κ1) is 14.5. The maximum absolute atomic E-state index is 11.7. The number of nitrogens with one attached hydrogen (secondary N) is 1. The molecule has 1 unspecified atom stereocenters. The summed E-state index contributed by atoms with van der Waals surface area (Å²) in [4.78, 5) is 26.7. The highest BCUT2D eigenvalue weighted by atomic mass is 32.1. The molecule has 18 heavy (non-hydrogen) atoms. The van der Waals surface area contributed by atoms with Crippen LogP contribution in [0.5, 0.6) is 0 Å². The Bertz CT molecular complexity index is 437. The van der Waals surface area contributed by atoms with Crippen molar-refractivity contribution in [3.05, 3.63) is 29.6 Å². The first-order valence-corrected chi connectivity index (χ1v) is 6.21. The Hall–Kier alpha value is -1.56. The minimum absolute atomic E-state index is 0.0863. The first-order valence-electron chi connectivity index (χ1n) is 5.58. The van der Waals surface area contributed by atoms with Crippen molar-refractivity contribution in [3.8, 4) is 0 Å². The molecule has 98 valence electrons. The van der Waals surface area contributed by atoms with Crippen molar-refractivity contribution in [2.75, 3.05) is 5.75 Å². The molecule has 2 N–H and O–H groups in total. The second kappa shape index (κ2) is 7.00. The lowest BCUT2D eigenvalue weighted by Gasteiger charge is -2.13. The SMILES string of the molecule is Cc1cccnc1CC(=O)NC(CCS)C(=O)O. The van der Waals surface area contributed by atoms with Gasteiger partial charge >= 0.3 is 5.97 Å². The minimum atomic E-state index is -1.05. The summed E-state index contributed by atoms with van der Waals surface area (Å²) in [6.07, 6.45) is 1.99. The molecule has 0 radical (unpaired) electrons. The number of carbonyl (C=O) groups is 2. The molecular formula is C12H16N2O3S. The molecule has 0 bridgehead atoms. The van der Waals surface area contributed by atoms with Crippen LogP contribution in [0.2, 0.25) is 0 Å². The number of carbonyl (C=O) groups excluding carboxylic acids is 1. The number of nitrogens with zero attached hydrogens (tertiary/aromatic N) is 1. The zero-order chi connectivity index (χ0) is 13.5. The molecule has 0 aromatic carbocycles. The van der Waals surface area contributed by atoms with Gasteiger partial charge in [0.25, 0.3) is 0 Å². The van der Waals surface area contributed by atoms with Crippen LogP contribution >= 0.6 is 12.6 Å². The lowest BCUT2D eigenvalue weighted by atomic mass is 10.1. The molecule has 1 atom stereocenters. The average molecular weight is 268 g/mol. The fourth-order valence-corrected chi connectivity index (χ4v) is 1.75. The molecule has 0 saturated carbocycles. The second-order valence-corrected chi connectivity index (χ2v) is 4.36. The van der Waals surface area contributed by atoms with Gasteiger partial charge in [0.1, 0.15) is 6.04 Å². The van der Waals surface area contributed by atoms with E-state index >= 15 is 0 Å². The number of aromatic nitrogens is 1. The van der Waals surface area contributed by atoms with Crippen molar-refractivity contribution >= 4 is 24.5 Å². The average Bonchev–Trinajstić information content (AvgIpc) is 2.31. The summed E-state index contributed by atoms with van der Waals surface area (Å²) >= 11 is 3.97. The molecule has 0 spiro atoms. The monoisotopic (exact) mass is 268 g/mol. The number of carboxylic acids is 1. The normalized spacial score (nSPS) is 11.9. The summed E-state index contributed by atoms with van der Waals surface area (Å²) in [5.74, 6) is -0.985. The number of amides is 1. The molecule has 6 heteroatoms. The van der Waals surface area contributed by atoms with Gasteiger partial charge in [-0.05, 0) is 30.7 Å². The van der Waals surface area contributed by atoms with E-state index in [1.165, 1.54) is 0 Å². The van der Waals surface area contributed by atoms with Crippen LogP contribution in [0.3, 0.4) is 0 Å². The summed E-state index contributed by atoms with van der Waals surface area (Å²) < 4.78 is 0. The standard InChI is InChI=1S/C12H16N2O3S/c1-8-3-2-5-13-10(8)7-11(15)14-9(4-6-18)12(16)17/h2-3,5,9,18H,4,6-7H2,1H3,(H,14,15)(H,16,17). The molecule has 1 aromatic rings. The Kier molecular flexibility index (Phi) is 5.64. The van der Waals surface area contributed by atoms with E-state index in [-0.39, 0.29) is 12.3 Å². The number of hydrogen-bond acceptors (Lipinski definition) is 4. The maximum atomic E-state index is 11.7. The van der Waals surface area contributed by atoms with Crippen LogP contribution in [0.4, 0.5) is 0 Å². The summed E-state index contributed by atoms with van der Waals surface area (Å²) in [6, 6.07) is 2.76. The number of hydrogen-bond donors (Lipinski definition) is 3. The van der Waals surface area contributed by atoms with Gasteiger partial charge in [-0.3, -0.25) is 9.78 Å². The van der Waals surface area contributed by atoms with E-state index in [4.69, 9.17) is 5.11 Å². The Labute approximate surface area is 111 Å². The fraction of sp³-hybridized carbons (Fsp3) is 0.417. The van der Waals surface area contributed by atoms with Gasteiger partial charge in [-0.2, -0.15) is 12.6 Å². The van der Waals surface area contributed by atoms with Crippen LogP contribution in [0.1, 0.15) is 17.7 Å². The van der Waals surface area contributed by atoms with Gasteiger partial charge in [0.05, 0.1) is 12.1 Å². The van der Waals surface area contributed by atoms with Crippen LogP contribution in [-0.2, 0) is 16.0 Å². The van der Waals surface area contributed by atoms with E-state index in [2.05, 4.69) is 22.9 Å². The van der Waals surface area contributed by atoms with Crippen molar-refractivity contribution in [2.24, 2.45) is 0 Å². The smallest absolute Gasteiger partial charge is 0.326 e. The van der Waals surface area contributed by atoms with Gasteiger partial charge in [0.2, 0.25) is 5.91 Å². The van der Waals surface area contributed by atoms with Gasteiger partial charge in [-0.25, -0.2) is 4.79 Å². The van der Waals surface area contributed by atoms with Crippen LogP contribution in [0.15, 0.2) is 18.3 Å². The van der Waals surface area contributed by atoms with Crippen molar-refractivity contribution < 1.29 is 14.7 Å². The van der Waals surface area contributed by atoms with E-state index in [1.807, 2.05) is 13.0 Å².